The first-order valence-electron chi connectivity index (χ1n) is 7.27. The number of hydrogen-bond donors (Lipinski definition) is 1. The van der Waals surface area contributed by atoms with Crippen LogP contribution in [0.1, 0.15) is 23.8 Å². The van der Waals surface area contributed by atoms with Crippen LogP contribution in [0.25, 0.3) is 5.57 Å². The highest BCUT2D eigenvalue weighted by Gasteiger charge is 2.29. The average Bonchev–Trinajstić information content (AvgIpc) is 3.01. The maximum absolute atomic E-state index is 5.67. The van der Waals surface area contributed by atoms with Gasteiger partial charge in [0.1, 0.15) is 0 Å². The van der Waals surface area contributed by atoms with Crippen molar-refractivity contribution in [1.29, 1.82) is 0 Å². The molecule has 1 aromatic rings. The number of morpholine rings is 1. The topological polar surface area (TPSA) is 39.7 Å². The molecule has 1 N–H and O–H groups in total. The van der Waals surface area contributed by atoms with Gasteiger partial charge in [-0.1, -0.05) is 30.3 Å². The van der Waals surface area contributed by atoms with Gasteiger partial charge in [-0.2, -0.15) is 0 Å². The molecule has 4 nitrogen and oxygen atoms in total. The van der Waals surface area contributed by atoms with E-state index in [0.717, 1.165) is 25.2 Å². The Hall–Kier alpha value is -1.20. The van der Waals surface area contributed by atoms with Gasteiger partial charge < -0.3 is 19.5 Å². The lowest BCUT2D eigenvalue weighted by molar-refractivity contribution is -0.0443. The minimum atomic E-state index is -0.210. The Bertz CT molecular complexity index is 522. The molecule has 0 amide bonds. The minimum Gasteiger partial charge on any atom is -0.378 e. The molecule has 106 valence electrons. The molecule has 0 saturated carbocycles. The van der Waals surface area contributed by atoms with Crippen LogP contribution >= 0.6 is 0 Å². The Morgan fingerprint density at radius 3 is 2.75 bits per heavy atom. The molecule has 0 aromatic heterocycles. The predicted molar refractivity (Wildman–Crippen MR) is 75.2 cm³/mol. The Kier molecular flexibility index (Phi) is 3.32. The molecule has 3 aliphatic heterocycles. The van der Waals surface area contributed by atoms with E-state index in [1.807, 2.05) is 0 Å². The summed E-state index contributed by atoms with van der Waals surface area (Å²) >= 11 is 0. The van der Waals surface area contributed by atoms with Gasteiger partial charge in [0.25, 0.3) is 0 Å². The summed E-state index contributed by atoms with van der Waals surface area (Å²) in [6, 6.07) is 9.18. The molecular weight excluding hydrogens is 254 g/mol. The predicted octanol–water partition coefficient (Wildman–Crippen LogP) is 1.88. The number of hydrogen-bond acceptors (Lipinski definition) is 4. The summed E-state index contributed by atoms with van der Waals surface area (Å²) in [7, 11) is 0. The third-order valence-electron chi connectivity index (χ3n) is 4.12. The van der Waals surface area contributed by atoms with E-state index >= 15 is 0 Å². The summed E-state index contributed by atoms with van der Waals surface area (Å²) in [5.74, 6) is 0. The van der Waals surface area contributed by atoms with Crippen molar-refractivity contribution in [3.8, 4) is 0 Å². The van der Waals surface area contributed by atoms with Gasteiger partial charge in [0, 0.05) is 17.6 Å². The number of ether oxygens (including phenoxy) is 3. The summed E-state index contributed by atoms with van der Waals surface area (Å²) in [6.07, 6.45) is 3.09. The number of nitrogens with one attached hydrogen (secondary N) is 1. The monoisotopic (exact) mass is 273 g/mol. The van der Waals surface area contributed by atoms with Gasteiger partial charge in [-0.3, -0.25) is 0 Å². The quantitative estimate of drug-likeness (QED) is 0.893. The molecule has 0 radical (unpaired) electrons. The zero-order valence-electron chi connectivity index (χ0n) is 11.4. The highest BCUT2D eigenvalue weighted by Crippen LogP contribution is 2.34. The molecule has 2 atom stereocenters. The zero-order chi connectivity index (χ0) is 13.4. The second kappa shape index (κ2) is 5.30. The lowest BCUT2D eigenvalue weighted by atomic mass is 9.89. The molecule has 20 heavy (non-hydrogen) atoms. The molecule has 2 saturated heterocycles. The van der Waals surface area contributed by atoms with Crippen LogP contribution in [0.4, 0.5) is 0 Å². The van der Waals surface area contributed by atoms with Gasteiger partial charge in [0.05, 0.1) is 26.4 Å². The van der Waals surface area contributed by atoms with Gasteiger partial charge in [-0.25, -0.2) is 0 Å². The van der Waals surface area contributed by atoms with E-state index in [2.05, 4.69) is 35.7 Å². The fourth-order valence-corrected chi connectivity index (χ4v) is 3.26. The van der Waals surface area contributed by atoms with Crippen molar-refractivity contribution in [2.24, 2.45) is 0 Å². The van der Waals surface area contributed by atoms with Crippen LogP contribution in [0, 0.1) is 0 Å². The van der Waals surface area contributed by atoms with Crippen LogP contribution in [0.3, 0.4) is 0 Å². The number of rotatable bonds is 2. The molecule has 0 aliphatic carbocycles. The fraction of sp³-hybridized carbons (Fsp3) is 0.500. The standard InChI is InChI=1S/C16H19NO3/c1-2-4-15(16-19-5-6-20-16)14(3-1)11-7-12-9-18-10-13(8-11)17-12/h1-4,7,12-13,16-17H,5-6,8-10H2. The van der Waals surface area contributed by atoms with Crippen molar-refractivity contribution in [2.45, 2.75) is 24.8 Å². The van der Waals surface area contributed by atoms with E-state index in [4.69, 9.17) is 14.2 Å². The molecule has 2 fully saturated rings. The molecule has 2 unspecified atom stereocenters. The van der Waals surface area contributed by atoms with Crippen molar-refractivity contribution in [1.82, 2.24) is 5.32 Å². The Morgan fingerprint density at radius 2 is 1.90 bits per heavy atom. The first-order valence-corrected chi connectivity index (χ1v) is 7.27. The van der Waals surface area contributed by atoms with Crippen LogP contribution in [0.5, 0.6) is 0 Å². The van der Waals surface area contributed by atoms with Crippen molar-refractivity contribution >= 4 is 5.57 Å². The summed E-state index contributed by atoms with van der Waals surface area (Å²) in [5, 5.41) is 3.58. The van der Waals surface area contributed by atoms with Crippen LogP contribution in [-0.2, 0) is 14.2 Å². The normalized spacial score (nSPS) is 30.3. The van der Waals surface area contributed by atoms with Crippen molar-refractivity contribution < 1.29 is 14.2 Å². The van der Waals surface area contributed by atoms with Gasteiger partial charge in [-0.15, -0.1) is 0 Å². The van der Waals surface area contributed by atoms with Gasteiger partial charge in [0.2, 0.25) is 0 Å². The Morgan fingerprint density at radius 1 is 1.05 bits per heavy atom. The molecular formula is C16H19NO3. The van der Waals surface area contributed by atoms with Crippen molar-refractivity contribution in [3.05, 3.63) is 41.5 Å². The molecule has 4 heteroatoms. The molecule has 3 heterocycles. The first kappa shape index (κ1) is 12.5. The third-order valence-corrected chi connectivity index (χ3v) is 4.12. The largest absolute Gasteiger partial charge is 0.378 e. The smallest absolute Gasteiger partial charge is 0.184 e. The maximum atomic E-state index is 5.67. The summed E-state index contributed by atoms with van der Waals surface area (Å²) in [4.78, 5) is 0. The fourth-order valence-electron chi connectivity index (χ4n) is 3.26. The lowest BCUT2D eigenvalue weighted by Crippen LogP contribution is -2.50. The van der Waals surface area contributed by atoms with E-state index < -0.39 is 0 Å². The van der Waals surface area contributed by atoms with Gasteiger partial charge in [-0.05, 0) is 17.6 Å². The van der Waals surface area contributed by atoms with E-state index in [1.165, 1.54) is 11.1 Å². The van der Waals surface area contributed by atoms with Gasteiger partial charge >= 0.3 is 0 Å². The highest BCUT2D eigenvalue weighted by molar-refractivity contribution is 5.70. The van der Waals surface area contributed by atoms with E-state index in [1.54, 1.807) is 0 Å². The highest BCUT2D eigenvalue weighted by atomic mass is 16.7. The summed E-state index contributed by atoms with van der Waals surface area (Å²) < 4.78 is 16.9. The van der Waals surface area contributed by atoms with Crippen LogP contribution in [-0.4, -0.2) is 38.5 Å². The van der Waals surface area contributed by atoms with E-state index in [0.29, 0.717) is 25.3 Å². The van der Waals surface area contributed by atoms with Crippen molar-refractivity contribution in [3.63, 3.8) is 0 Å². The lowest BCUT2D eigenvalue weighted by Gasteiger charge is -2.35. The third kappa shape index (κ3) is 2.29. The van der Waals surface area contributed by atoms with Crippen LogP contribution in [0.15, 0.2) is 30.3 Å². The average molecular weight is 273 g/mol. The second-order valence-corrected chi connectivity index (χ2v) is 5.56. The summed E-state index contributed by atoms with van der Waals surface area (Å²) in [6.45, 7) is 2.92. The SMILES string of the molecule is C1=C(c2ccccc2C2OCCO2)CC2COCC1N2. The van der Waals surface area contributed by atoms with Crippen molar-refractivity contribution in [2.75, 3.05) is 26.4 Å². The first-order chi connectivity index (χ1) is 9.90. The molecule has 2 bridgehead atoms. The number of benzene rings is 1. The Balaban J connectivity index is 1.69. The van der Waals surface area contributed by atoms with E-state index in [-0.39, 0.29) is 6.29 Å². The van der Waals surface area contributed by atoms with Crippen LogP contribution < -0.4 is 5.32 Å². The molecule has 3 aliphatic rings. The zero-order valence-corrected chi connectivity index (χ0v) is 11.4. The maximum Gasteiger partial charge on any atom is 0.184 e. The minimum absolute atomic E-state index is 0.210. The van der Waals surface area contributed by atoms with E-state index in [9.17, 15) is 0 Å². The summed E-state index contributed by atoms with van der Waals surface area (Å²) in [5.41, 5.74) is 3.80. The number of fused-ring (bicyclic) bond motifs is 2. The second-order valence-electron chi connectivity index (χ2n) is 5.56. The molecule has 0 spiro atoms. The van der Waals surface area contributed by atoms with Gasteiger partial charge in [0.15, 0.2) is 6.29 Å². The molecule has 1 aromatic carbocycles. The van der Waals surface area contributed by atoms with Crippen LogP contribution in [0.2, 0.25) is 0 Å². The molecule has 4 rings (SSSR count). The Labute approximate surface area is 118 Å².